The topological polar surface area (TPSA) is 96.9 Å². The van der Waals surface area contributed by atoms with Crippen LogP contribution in [-0.4, -0.2) is 58.6 Å². The number of hydrogen-bond donors (Lipinski definition) is 1. The molecular weight excluding hydrogens is 470 g/mol. The van der Waals surface area contributed by atoms with Crippen molar-refractivity contribution in [2.75, 3.05) is 36.4 Å². The average molecular weight is 506 g/mol. The van der Waals surface area contributed by atoms with Crippen LogP contribution in [0.25, 0.3) is 11.0 Å². The number of hydrogen-bond acceptors (Lipinski definition) is 7. The number of piperazine rings is 1. The lowest BCUT2D eigenvalue weighted by atomic mass is 9.95. The van der Waals surface area contributed by atoms with Crippen molar-refractivity contribution >= 4 is 34.5 Å². The predicted molar refractivity (Wildman–Crippen MR) is 144 cm³/mol. The Labute approximate surface area is 217 Å². The van der Waals surface area contributed by atoms with Gasteiger partial charge in [-0.2, -0.15) is 0 Å². The maximum Gasteiger partial charge on any atom is 0.410 e. The lowest BCUT2D eigenvalue weighted by molar-refractivity contribution is -0.123. The molecule has 0 saturated carbocycles. The summed E-state index contributed by atoms with van der Waals surface area (Å²) in [6.07, 6.45) is 1.47. The molecule has 9 nitrogen and oxygen atoms in total. The third-order valence-corrected chi connectivity index (χ3v) is 5.77. The van der Waals surface area contributed by atoms with Gasteiger partial charge >= 0.3 is 6.09 Å². The highest BCUT2D eigenvalue weighted by atomic mass is 16.6. The van der Waals surface area contributed by atoms with Gasteiger partial charge in [-0.1, -0.05) is 26.8 Å². The number of fused-ring (bicyclic) bond motifs is 1. The van der Waals surface area contributed by atoms with Crippen LogP contribution < -0.4 is 15.0 Å². The number of amides is 2. The molecule has 0 atom stereocenters. The van der Waals surface area contributed by atoms with E-state index < -0.39 is 11.0 Å². The predicted octanol–water partition coefficient (Wildman–Crippen LogP) is 5.46. The largest absolute Gasteiger partial charge is 0.457 e. The van der Waals surface area contributed by atoms with Gasteiger partial charge in [-0.15, -0.1) is 0 Å². The Morgan fingerprint density at radius 2 is 1.59 bits per heavy atom. The number of rotatable bonds is 4. The summed E-state index contributed by atoms with van der Waals surface area (Å²) >= 11 is 0. The molecule has 37 heavy (non-hydrogen) atoms. The van der Waals surface area contributed by atoms with Crippen LogP contribution in [0, 0.1) is 5.41 Å². The minimum Gasteiger partial charge on any atom is -0.457 e. The summed E-state index contributed by atoms with van der Waals surface area (Å²) in [5, 5.41) is 2.92. The fraction of sp³-hybridized carbons (Fsp3) is 0.429. The van der Waals surface area contributed by atoms with E-state index in [-0.39, 0.29) is 12.0 Å². The SMILES string of the molecule is CC(C)(C)OC(=O)N1CCN(c2cnc3ccc(Oc4cccc(NC(=O)C(C)(C)C)c4)cc3n2)CC1. The van der Waals surface area contributed by atoms with Gasteiger partial charge in [0.2, 0.25) is 5.91 Å². The number of carbonyl (C=O) groups excluding carboxylic acids is 2. The number of ether oxygens (including phenoxy) is 2. The zero-order valence-electron chi connectivity index (χ0n) is 22.4. The third-order valence-electron chi connectivity index (χ3n) is 5.77. The zero-order chi connectivity index (χ0) is 26.8. The molecule has 1 aliphatic rings. The second kappa shape index (κ2) is 10.2. The highest BCUT2D eigenvalue weighted by molar-refractivity contribution is 5.94. The van der Waals surface area contributed by atoms with Gasteiger partial charge in [-0.05, 0) is 45.0 Å². The zero-order valence-corrected chi connectivity index (χ0v) is 22.4. The van der Waals surface area contributed by atoms with Gasteiger partial charge in [-0.25, -0.2) is 9.78 Å². The second-order valence-electron chi connectivity index (χ2n) is 11.2. The van der Waals surface area contributed by atoms with E-state index in [2.05, 4.69) is 15.2 Å². The fourth-order valence-corrected chi connectivity index (χ4v) is 3.73. The first-order valence-electron chi connectivity index (χ1n) is 12.5. The fourth-order valence-electron chi connectivity index (χ4n) is 3.73. The molecule has 0 unspecified atom stereocenters. The Balaban J connectivity index is 1.44. The highest BCUT2D eigenvalue weighted by Crippen LogP contribution is 2.28. The van der Waals surface area contributed by atoms with E-state index in [9.17, 15) is 9.59 Å². The normalized spacial score (nSPS) is 14.4. The van der Waals surface area contributed by atoms with E-state index in [0.29, 0.717) is 48.9 Å². The lowest BCUT2D eigenvalue weighted by Crippen LogP contribution is -2.50. The molecule has 0 aliphatic carbocycles. The highest BCUT2D eigenvalue weighted by Gasteiger charge is 2.26. The first-order valence-corrected chi connectivity index (χ1v) is 12.5. The molecule has 196 valence electrons. The molecule has 1 fully saturated rings. The molecule has 1 N–H and O–H groups in total. The lowest BCUT2D eigenvalue weighted by Gasteiger charge is -2.36. The molecule has 3 aromatic rings. The summed E-state index contributed by atoms with van der Waals surface area (Å²) in [5.41, 5.74) is 1.13. The minimum atomic E-state index is -0.514. The Kier molecular flexibility index (Phi) is 7.25. The first kappa shape index (κ1) is 26.2. The van der Waals surface area contributed by atoms with Gasteiger partial charge < -0.3 is 24.6 Å². The standard InChI is InChI=1S/C28H35N5O4/c1-27(2,3)25(34)30-19-8-7-9-20(16-19)36-21-10-11-22-23(17-21)31-24(18-29-22)32-12-14-33(15-13-32)26(35)37-28(4,5)6/h7-11,16-18H,12-15H2,1-6H3,(H,30,34). The van der Waals surface area contributed by atoms with Crippen LogP contribution in [0.1, 0.15) is 41.5 Å². The number of carbonyl (C=O) groups is 2. The number of nitrogens with one attached hydrogen (secondary N) is 1. The van der Waals surface area contributed by atoms with Crippen LogP contribution in [0.15, 0.2) is 48.7 Å². The maximum absolute atomic E-state index is 12.4. The van der Waals surface area contributed by atoms with Crippen LogP contribution in [-0.2, 0) is 9.53 Å². The summed E-state index contributed by atoms with van der Waals surface area (Å²) in [7, 11) is 0. The number of benzene rings is 2. The van der Waals surface area contributed by atoms with Crippen molar-refractivity contribution in [3.05, 3.63) is 48.7 Å². The van der Waals surface area contributed by atoms with Gasteiger partial charge in [0.1, 0.15) is 22.9 Å². The maximum atomic E-state index is 12.4. The first-order chi connectivity index (χ1) is 17.4. The molecule has 0 radical (unpaired) electrons. The Morgan fingerprint density at radius 3 is 2.27 bits per heavy atom. The number of anilines is 2. The Bertz CT molecular complexity index is 1290. The third kappa shape index (κ3) is 6.87. The molecule has 0 spiro atoms. The van der Waals surface area contributed by atoms with Gasteiger partial charge in [0.05, 0.1) is 17.2 Å². The van der Waals surface area contributed by atoms with E-state index in [0.717, 1.165) is 11.3 Å². The summed E-state index contributed by atoms with van der Waals surface area (Å²) in [6.45, 7) is 13.6. The van der Waals surface area contributed by atoms with Crippen molar-refractivity contribution in [2.45, 2.75) is 47.1 Å². The molecule has 2 heterocycles. The van der Waals surface area contributed by atoms with E-state index in [1.165, 1.54) is 0 Å². The number of aromatic nitrogens is 2. The van der Waals surface area contributed by atoms with Gasteiger partial charge in [-0.3, -0.25) is 9.78 Å². The summed E-state index contributed by atoms with van der Waals surface area (Å²) in [5.74, 6) is 1.91. The van der Waals surface area contributed by atoms with Gasteiger partial charge in [0, 0.05) is 49.4 Å². The summed E-state index contributed by atoms with van der Waals surface area (Å²) in [6, 6.07) is 12.9. The van der Waals surface area contributed by atoms with Crippen molar-refractivity contribution in [1.82, 2.24) is 14.9 Å². The molecule has 1 aromatic heterocycles. The molecular formula is C28H35N5O4. The van der Waals surface area contributed by atoms with Crippen LogP contribution in [0.5, 0.6) is 11.5 Å². The average Bonchev–Trinajstić information content (AvgIpc) is 2.82. The van der Waals surface area contributed by atoms with Crippen molar-refractivity contribution in [2.24, 2.45) is 5.41 Å². The van der Waals surface area contributed by atoms with Gasteiger partial charge in [0.15, 0.2) is 0 Å². The van der Waals surface area contributed by atoms with Crippen molar-refractivity contribution < 1.29 is 19.1 Å². The molecule has 1 aliphatic heterocycles. The Hall–Kier alpha value is -3.88. The van der Waals surface area contributed by atoms with Gasteiger partial charge in [0.25, 0.3) is 0 Å². The molecule has 1 saturated heterocycles. The second-order valence-corrected chi connectivity index (χ2v) is 11.2. The molecule has 4 rings (SSSR count). The Morgan fingerprint density at radius 1 is 0.892 bits per heavy atom. The monoisotopic (exact) mass is 505 g/mol. The van der Waals surface area contributed by atoms with E-state index in [4.69, 9.17) is 14.5 Å². The van der Waals surface area contributed by atoms with E-state index in [1.54, 1.807) is 17.2 Å². The van der Waals surface area contributed by atoms with Crippen LogP contribution >= 0.6 is 0 Å². The van der Waals surface area contributed by atoms with Crippen molar-refractivity contribution in [3.63, 3.8) is 0 Å². The van der Waals surface area contributed by atoms with Crippen LogP contribution in [0.2, 0.25) is 0 Å². The van der Waals surface area contributed by atoms with E-state index in [1.807, 2.05) is 77.9 Å². The quantitative estimate of drug-likeness (QED) is 0.503. The molecule has 9 heteroatoms. The van der Waals surface area contributed by atoms with Crippen LogP contribution in [0.4, 0.5) is 16.3 Å². The van der Waals surface area contributed by atoms with Crippen LogP contribution in [0.3, 0.4) is 0 Å². The van der Waals surface area contributed by atoms with Crippen molar-refractivity contribution in [3.8, 4) is 11.5 Å². The molecule has 2 aromatic carbocycles. The molecule has 0 bridgehead atoms. The number of nitrogens with zero attached hydrogens (tertiary/aromatic N) is 4. The minimum absolute atomic E-state index is 0.0647. The summed E-state index contributed by atoms with van der Waals surface area (Å²) < 4.78 is 11.6. The van der Waals surface area contributed by atoms with E-state index >= 15 is 0 Å². The summed E-state index contributed by atoms with van der Waals surface area (Å²) in [4.78, 5) is 37.9. The van der Waals surface area contributed by atoms with Crippen molar-refractivity contribution in [1.29, 1.82) is 0 Å². The molecule has 2 amide bonds. The smallest absolute Gasteiger partial charge is 0.410 e.